The predicted molar refractivity (Wildman–Crippen MR) is 129 cm³/mol. The molecule has 6 nitrogen and oxygen atoms in total. The van der Waals surface area contributed by atoms with Crippen LogP contribution in [0, 0.1) is 5.92 Å². The highest BCUT2D eigenvalue weighted by atomic mass is 16.2. The first-order chi connectivity index (χ1) is 15.5. The van der Waals surface area contributed by atoms with E-state index in [-0.39, 0.29) is 35.9 Å². The molecule has 178 valence electrons. The molecule has 1 aromatic rings. The van der Waals surface area contributed by atoms with Gasteiger partial charge in [0, 0.05) is 38.3 Å². The van der Waals surface area contributed by atoms with E-state index in [0.717, 1.165) is 64.7 Å². The first kappa shape index (κ1) is 24.7. The quantitative estimate of drug-likeness (QED) is 0.617. The number of carbonyl (C=O) groups excluding carboxylic acids is 2. The van der Waals surface area contributed by atoms with Crippen LogP contribution in [0.1, 0.15) is 64.9 Å². The molecule has 2 aliphatic rings. The standard InChI is InChI=1S/C26H42N4O2/c1-4-9-20(2)27-26(32)23-12-8-15-30(19-23)21(3)25(31)28-24-13-16-29(17-14-24)18-22-10-6-5-7-11-22/h5-7,10-11,20-21,23-24H,4,8-9,12-19H2,1-3H3,(H,27,32)(H,28,31). The van der Waals surface area contributed by atoms with Crippen molar-refractivity contribution in [3.8, 4) is 0 Å². The second-order valence-electron chi connectivity index (χ2n) is 9.75. The number of benzene rings is 1. The van der Waals surface area contributed by atoms with Crippen molar-refractivity contribution in [3.63, 3.8) is 0 Å². The molecule has 3 unspecified atom stereocenters. The van der Waals surface area contributed by atoms with Crippen LogP contribution in [0.25, 0.3) is 0 Å². The monoisotopic (exact) mass is 442 g/mol. The molecule has 6 heteroatoms. The molecule has 0 aliphatic carbocycles. The Labute approximate surface area is 194 Å². The number of piperidine rings is 2. The fourth-order valence-corrected chi connectivity index (χ4v) is 5.00. The summed E-state index contributed by atoms with van der Waals surface area (Å²) in [5.74, 6) is 0.237. The predicted octanol–water partition coefficient (Wildman–Crippen LogP) is 3.17. The van der Waals surface area contributed by atoms with E-state index in [2.05, 4.69) is 64.6 Å². The largest absolute Gasteiger partial charge is 0.353 e. The molecule has 3 atom stereocenters. The zero-order chi connectivity index (χ0) is 22.9. The van der Waals surface area contributed by atoms with Gasteiger partial charge in [-0.25, -0.2) is 0 Å². The summed E-state index contributed by atoms with van der Waals surface area (Å²) < 4.78 is 0. The van der Waals surface area contributed by atoms with Crippen molar-refractivity contribution in [2.75, 3.05) is 26.2 Å². The zero-order valence-corrected chi connectivity index (χ0v) is 20.2. The minimum Gasteiger partial charge on any atom is -0.353 e. The van der Waals surface area contributed by atoms with Gasteiger partial charge in [0.15, 0.2) is 0 Å². The second-order valence-corrected chi connectivity index (χ2v) is 9.75. The summed E-state index contributed by atoms with van der Waals surface area (Å²) in [6.45, 7) is 10.8. The number of hydrogen-bond acceptors (Lipinski definition) is 4. The Morgan fingerprint density at radius 3 is 2.47 bits per heavy atom. The minimum atomic E-state index is -0.194. The van der Waals surface area contributed by atoms with Gasteiger partial charge in [-0.3, -0.25) is 19.4 Å². The molecule has 1 aromatic carbocycles. The van der Waals surface area contributed by atoms with Gasteiger partial charge in [0.2, 0.25) is 11.8 Å². The molecule has 2 fully saturated rings. The third-order valence-corrected chi connectivity index (χ3v) is 7.04. The maximum absolute atomic E-state index is 13.0. The summed E-state index contributed by atoms with van der Waals surface area (Å²) >= 11 is 0. The van der Waals surface area contributed by atoms with E-state index >= 15 is 0 Å². The van der Waals surface area contributed by atoms with Gasteiger partial charge in [-0.2, -0.15) is 0 Å². The number of rotatable bonds is 9. The van der Waals surface area contributed by atoms with Crippen LogP contribution in [0.5, 0.6) is 0 Å². The average Bonchev–Trinajstić information content (AvgIpc) is 2.80. The van der Waals surface area contributed by atoms with Crippen LogP contribution in [0.15, 0.2) is 30.3 Å². The third kappa shape index (κ3) is 7.31. The highest BCUT2D eigenvalue weighted by molar-refractivity contribution is 5.82. The molecular formula is C26H42N4O2. The number of likely N-dealkylation sites (tertiary alicyclic amines) is 2. The molecule has 0 radical (unpaired) electrons. The Morgan fingerprint density at radius 2 is 1.78 bits per heavy atom. The number of amides is 2. The smallest absolute Gasteiger partial charge is 0.237 e. The van der Waals surface area contributed by atoms with Crippen LogP contribution >= 0.6 is 0 Å². The normalized spacial score (nSPS) is 22.8. The summed E-state index contributed by atoms with van der Waals surface area (Å²) in [4.78, 5) is 30.3. The summed E-state index contributed by atoms with van der Waals surface area (Å²) in [5, 5.41) is 6.44. The lowest BCUT2D eigenvalue weighted by atomic mass is 9.95. The Kier molecular flexibility index (Phi) is 9.54. The van der Waals surface area contributed by atoms with E-state index in [0.29, 0.717) is 6.54 Å². The SMILES string of the molecule is CCCC(C)NC(=O)C1CCCN(C(C)C(=O)NC2CCN(Cc3ccccc3)CC2)C1. The van der Waals surface area contributed by atoms with Gasteiger partial charge in [-0.15, -0.1) is 0 Å². The van der Waals surface area contributed by atoms with E-state index in [9.17, 15) is 9.59 Å². The first-order valence-corrected chi connectivity index (χ1v) is 12.6. The minimum absolute atomic E-state index is 0.0143. The van der Waals surface area contributed by atoms with E-state index in [1.54, 1.807) is 0 Å². The van der Waals surface area contributed by atoms with Gasteiger partial charge >= 0.3 is 0 Å². The molecule has 2 heterocycles. The van der Waals surface area contributed by atoms with Gasteiger partial charge in [-0.1, -0.05) is 43.7 Å². The highest BCUT2D eigenvalue weighted by Gasteiger charge is 2.32. The van der Waals surface area contributed by atoms with E-state index in [1.807, 2.05) is 6.92 Å². The topological polar surface area (TPSA) is 64.7 Å². The molecule has 2 N–H and O–H groups in total. The fraction of sp³-hybridized carbons (Fsp3) is 0.692. The van der Waals surface area contributed by atoms with Crippen LogP contribution in [0.4, 0.5) is 0 Å². The Bertz CT molecular complexity index is 718. The average molecular weight is 443 g/mol. The molecule has 2 aliphatic heterocycles. The van der Waals surface area contributed by atoms with Crippen molar-refractivity contribution in [1.29, 1.82) is 0 Å². The summed E-state index contributed by atoms with van der Waals surface area (Å²) in [6.07, 6.45) is 5.94. The molecule has 0 spiro atoms. The maximum atomic E-state index is 13.0. The van der Waals surface area contributed by atoms with Crippen LogP contribution in [0.2, 0.25) is 0 Å². The highest BCUT2D eigenvalue weighted by Crippen LogP contribution is 2.20. The van der Waals surface area contributed by atoms with Gasteiger partial charge in [0.25, 0.3) is 0 Å². The Balaban J connectivity index is 1.41. The van der Waals surface area contributed by atoms with E-state index < -0.39 is 0 Å². The molecular weight excluding hydrogens is 400 g/mol. The lowest BCUT2D eigenvalue weighted by molar-refractivity contribution is -0.132. The Hall–Kier alpha value is -1.92. The summed E-state index contributed by atoms with van der Waals surface area (Å²) in [7, 11) is 0. The number of nitrogens with zero attached hydrogens (tertiary/aromatic N) is 2. The van der Waals surface area contributed by atoms with Crippen molar-refractivity contribution in [2.24, 2.45) is 5.92 Å². The molecule has 0 aromatic heterocycles. The Morgan fingerprint density at radius 1 is 1.06 bits per heavy atom. The second kappa shape index (κ2) is 12.4. The molecule has 2 saturated heterocycles. The van der Waals surface area contributed by atoms with Gasteiger partial charge in [0.05, 0.1) is 12.0 Å². The number of carbonyl (C=O) groups is 2. The molecule has 3 rings (SSSR count). The molecule has 0 saturated carbocycles. The summed E-state index contributed by atoms with van der Waals surface area (Å²) in [6, 6.07) is 10.8. The summed E-state index contributed by atoms with van der Waals surface area (Å²) in [5.41, 5.74) is 1.34. The number of hydrogen-bond donors (Lipinski definition) is 2. The molecule has 0 bridgehead atoms. The zero-order valence-electron chi connectivity index (χ0n) is 20.2. The van der Waals surface area contributed by atoms with Crippen molar-refractivity contribution < 1.29 is 9.59 Å². The first-order valence-electron chi connectivity index (χ1n) is 12.6. The van der Waals surface area contributed by atoms with Gasteiger partial charge in [-0.05, 0) is 58.1 Å². The maximum Gasteiger partial charge on any atom is 0.237 e. The van der Waals surface area contributed by atoms with Gasteiger partial charge < -0.3 is 10.6 Å². The van der Waals surface area contributed by atoms with Crippen LogP contribution in [-0.2, 0) is 16.1 Å². The third-order valence-electron chi connectivity index (χ3n) is 7.04. The van der Waals surface area contributed by atoms with E-state index in [4.69, 9.17) is 0 Å². The van der Waals surface area contributed by atoms with Crippen molar-refractivity contribution in [2.45, 2.75) is 84.0 Å². The van der Waals surface area contributed by atoms with Gasteiger partial charge in [0.1, 0.15) is 0 Å². The molecule has 32 heavy (non-hydrogen) atoms. The number of nitrogens with one attached hydrogen (secondary N) is 2. The van der Waals surface area contributed by atoms with Crippen LogP contribution < -0.4 is 10.6 Å². The lowest BCUT2D eigenvalue weighted by Crippen LogP contribution is -2.54. The fourth-order valence-electron chi connectivity index (χ4n) is 5.00. The van der Waals surface area contributed by atoms with Crippen molar-refractivity contribution in [3.05, 3.63) is 35.9 Å². The van der Waals surface area contributed by atoms with Crippen LogP contribution in [0.3, 0.4) is 0 Å². The molecule has 2 amide bonds. The van der Waals surface area contributed by atoms with Crippen molar-refractivity contribution >= 4 is 11.8 Å². The van der Waals surface area contributed by atoms with Crippen molar-refractivity contribution in [1.82, 2.24) is 20.4 Å². The van der Waals surface area contributed by atoms with Crippen LogP contribution in [-0.4, -0.2) is 65.9 Å². The van der Waals surface area contributed by atoms with E-state index in [1.165, 1.54) is 5.56 Å². The lowest BCUT2D eigenvalue weighted by Gasteiger charge is -2.37.